The van der Waals surface area contributed by atoms with Gasteiger partial charge >= 0.3 is 12.2 Å². The molecule has 0 spiro atoms. The molecule has 3 aromatic rings. The monoisotopic (exact) mass is 362 g/mol. The lowest BCUT2D eigenvalue weighted by Gasteiger charge is -2.11. The minimum Gasteiger partial charge on any atom is -0.403 e. The predicted molar refractivity (Wildman–Crippen MR) is 88.8 cm³/mol. The second kappa shape index (κ2) is 6.87. The second-order valence-corrected chi connectivity index (χ2v) is 5.34. The summed E-state index contributed by atoms with van der Waals surface area (Å²) in [6, 6.07) is 11.5. The molecule has 0 unspecified atom stereocenters. The second-order valence-electron chi connectivity index (χ2n) is 5.34. The minimum absolute atomic E-state index is 0.0446. The molecule has 2 aromatic carbocycles. The predicted octanol–water partition coefficient (Wildman–Crippen LogP) is 4.46. The Balaban J connectivity index is 1.85. The molecule has 3 rings (SSSR count). The van der Waals surface area contributed by atoms with Crippen LogP contribution in [0.5, 0.6) is 0 Å². The van der Waals surface area contributed by atoms with Crippen molar-refractivity contribution in [3.05, 3.63) is 54.1 Å². The first-order chi connectivity index (χ1) is 12.3. The van der Waals surface area contributed by atoms with Crippen LogP contribution in [0.3, 0.4) is 0 Å². The molecule has 0 aliphatic heterocycles. The van der Waals surface area contributed by atoms with Gasteiger partial charge in [0.1, 0.15) is 0 Å². The summed E-state index contributed by atoms with van der Waals surface area (Å²) in [4.78, 5) is 11.0. The lowest BCUT2D eigenvalue weighted by atomic mass is 10.1. The molecule has 0 fully saturated rings. The van der Waals surface area contributed by atoms with Crippen molar-refractivity contribution in [3.8, 4) is 11.5 Å². The van der Waals surface area contributed by atoms with Gasteiger partial charge in [-0.3, -0.25) is 10.1 Å². The third kappa shape index (κ3) is 4.00. The van der Waals surface area contributed by atoms with Gasteiger partial charge in [-0.05, 0) is 36.4 Å². The molecule has 0 aliphatic rings. The Hall–Kier alpha value is -3.36. The van der Waals surface area contributed by atoms with E-state index < -0.39 is 11.7 Å². The van der Waals surface area contributed by atoms with Crippen molar-refractivity contribution in [1.29, 1.82) is 0 Å². The number of benzene rings is 2. The number of para-hydroxylation sites is 1. The van der Waals surface area contributed by atoms with Gasteiger partial charge in [-0.25, -0.2) is 0 Å². The van der Waals surface area contributed by atoms with E-state index in [2.05, 4.69) is 20.8 Å². The lowest BCUT2D eigenvalue weighted by Crippen LogP contribution is -2.05. The molecule has 0 atom stereocenters. The number of alkyl halides is 3. The largest absolute Gasteiger partial charge is 0.416 e. The van der Waals surface area contributed by atoms with Gasteiger partial charge in [-0.1, -0.05) is 17.2 Å². The van der Waals surface area contributed by atoms with Crippen LogP contribution in [0.1, 0.15) is 12.5 Å². The normalized spacial score (nSPS) is 11.2. The minimum atomic E-state index is -4.39. The number of nitrogens with one attached hydrogen (secondary N) is 2. The van der Waals surface area contributed by atoms with E-state index in [9.17, 15) is 18.0 Å². The summed E-state index contributed by atoms with van der Waals surface area (Å²) in [7, 11) is 0. The van der Waals surface area contributed by atoms with Crippen molar-refractivity contribution in [2.24, 2.45) is 0 Å². The number of amides is 1. The highest BCUT2D eigenvalue weighted by Crippen LogP contribution is 2.32. The number of carbonyl (C=O) groups is 1. The first-order valence-corrected chi connectivity index (χ1v) is 7.48. The fourth-order valence-electron chi connectivity index (χ4n) is 2.21. The van der Waals surface area contributed by atoms with Gasteiger partial charge in [0.25, 0.3) is 5.89 Å². The summed E-state index contributed by atoms with van der Waals surface area (Å²) in [5.41, 5.74) is 0.835. The van der Waals surface area contributed by atoms with Gasteiger partial charge in [0.2, 0.25) is 5.91 Å². The van der Waals surface area contributed by atoms with Crippen molar-refractivity contribution >= 4 is 23.3 Å². The molecule has 134 valence electrons. The number of nitrogens with zero attached hydrogens (tertiary/aromatic N) is 2. The lowest BCUT2D eigenvalue weighted by molar-refractivity contribution is -0.137. The third-order valence-electron chi connectivity index (χ3n) is 3.36. The summed E-state index contributed by atoms with van der Waals surface area (Å²) in [5, 5.41) is 13.0. The molecule has 2 N–H and O–H groups in total. The standard InChI is InChI=1S/C17H13F3N4O2/c1-10(25)21-16-24-23-15(26-16)13-4-2-3-5-14(13)22-12-8-6-11(7-9-12)17(18,19)20/h2-9,22H,1H3,(H,21,24,25). The fraction of sp³-hybridized carbons (Fsp3) is 0.118. The Kier molecular flexibility index (Phi) is 4.61. The molecular formula is C17H13F3N4O2. The molecule has 1 aromatic heterocycles. The maximum Gasteiger partial charge on any atom is 0.416 e. The van der Waals surface area contributed by atoms with Gasteiger partial charge in [0.05, 0.1) is 16.8 Å². The van der Waals surface area contributed by atoms with Crippen molar-refractivity contribution in [1.82, 2.24) is 10.2 Å². The average molecular weight is 362 g/mol. The molecule has 9 heteroatoms. The van der Waals surface area contributed by atoms with Crippen LogP contribution in [-0.2, 0) is 11.0 Å². The van der Waals surface area contributed by atoms with E-state index in [0.29, 0.717) is 16.9 Å². The van der Waals surface area contributed by atoms with E-state index in [4.69, 9.17) is 4.42 Å². The first-order valence-electron chi connectivity index (χ1n) is 7.48. The topological polar surface area (TPSA) is 80.0 Å². The van der Waals surface area contributed by atoms with Gasteiger partial charge in [-0.2, -0.15) is 13.2 Å². The Morgan fingerprint density at radius 3 is 2.38 bits per heavy atom. The first kappa shape index (κ1) is 17.5. The average Bonchev–Trinajstić information content (AvgIpc) is 3.02. The zero-order valence-electron chi connectivity index (χ0n) is 13.5. The van der Waals surface area contributed by atoms with Crippen molar-refractivity contribution in [3.63, 3.8) is 0 Å². The van der Waals surface area contributed by atoms with Gasteiger partial charge in [0, 0.05) is 12.6 Å². The highest BCUT2D eigenvalue weighted by molar-refractivity contribution is 5.86. The summed E-state index contributed by atoms with van der Waals surface area (Å²) in [6.07, 6.45) is -4.39. The number of hydrogen-bond acceptors (Lipinski definition) is 5. The van der Waals surface area contributed by atoms with E-state index in [-0.39, 0.29) is 17.8 Å². The Bertz CT molecular complexity index is 920. The van der Waals surface area contributed by atoms with Crippen LogP contribution in [0.15, 0.2) is 52.9 Å². The van der Waals surface area contributed by atoms with Gasteiger partial charge in [0.15, 0.2) is 0 Å². The SMILES string of the molecule is CC(=O)Nc1nnc(-c2ccccc2Nc2ccc(C(F)(F)F)cc2)o1. The van der Waals surface area contributed by atoms with E-state index in [1.54, 1.807) is 24.3 Å². The Morgan fingerprint density at radius 1 is 1.04 bits per heavy atom. The summed E-state index contributed by atoms with van der Waals surface area (Å²) in [5.74, 6) is -0.194. The summed E-state index contributed by atoms with van der Waals surface area (Å²) < 4.78 is 43.3. The smallest absolute Gasteiger partial charge is 0.403 e. The number of rotatable bonds is 4. The van der Waals surface area contributed by atoms with Crippen LogP contribution < -0.4 is 10.6 Å². The third-order valence-corrected chi connectivity index (χ3v) is 3.36. The van der Waals surface area contributed by atoms with Crippen molar-refractivity contribution < 1.29 is 22.4 Å². The Labute approximate surface area is 146 Å². The van der Waals surface area contributed by atoms with E-state index >= 15 is 0 Å². The number of aromatic nitrogens is 2. The number of anilines is 3. The van der Waals surface area contributed by atoms with Crippen LogP contribution in [-0.4, -0.2) is 16.1 Å². The van der Waals surface area contributed by atoms with Crippen LogP contribution in [0, 0.1) is 0 Å². The highest BCUT2D eigenvalue weighted by Gasteiger charge is 2.29. The molecule has 26 heavy (non-hydrogen) atoms. The van der Waals surface area contributed by atoms with Crippen LogP contribution in [0.2, 0.25) is 0 Å². The van der Waals surface area contributed by atoms with Crippen LogP contribution in [0.4, 0.5) is 30.6 Å². The van der Waals surface area contributed by atoms with Gasteiger partial charge < -0.3 is 9.73 Å². The van der Waals surface area contributed by atoms with Crippen LogP contribution >= 0.6 is 0 Å². The molecule has 0 saturated heterocycles. The highest BCUT2D eigenvalue weighted by atomic mass is 19.4. The van der Waals surface area contributed by atoms with E-state index in [1.807, 2.05) is 0 Å². The quantitative estimate of drug-likeness (QED) is 0.716. The molecule has 0 radical (unpaired) electrons. The molecule has 1 heterocycles. The number of hydrogen-bond donors (Lipinski definition) is 2. The molecule has 0 saturated carbocycles. The summed E-state index contributed by atoms with van der Waals surface area (Å²) >= 11 is 0. The van der Waals surface area contributed by atoms with Gasteiger partial charge in [-0.15, -0.1) is 5.10 Å². The molecule has 0 bridgehead atoms. The molecule has 6 nitrogen and oxygen atoms in total. The zero-order valence-corrected chi connectivity index (χ0v) is 13.5. The van der Waals surface area contributed by atoms with E-state index in [1.165, 1.54) is 19.1 Å². The maximum absolute atomic E-state index is 12.6. The summed E-state index contributed by atoms with van der Waals surface area (Å²) in [6.45, 7) is 1.31. The van der Waals surface area contributed by atoms with Crippen LogP contribution in [0.25, 0.3) is 11.5 Å². The van der Waals surface area contributed by atoms with E-state index in [0.717, 1.165) is 12.1 Å². The van der Waals surface area contributed by atoms with Crippen molar-refractivity contribution in [2.75, 3.05) is 10.6 Å². The number of halogens is 3. The zero-order chi connectivity index (χ0) is 18.7. The molecule has 0 aliphatic carbocycles. The van der Waals surface area contributed by atoms with Crippen molar-refractivity contribution in [2.45, 2.75) is 13.1 Å². The number of carbonyl (C=O) groups excluding carboxylic acids is 1. The molecular weight excluding hydrogens is 349 g/mol. The maximum atomic E-state index is 12.6. The fourth-order valence-corrected chi connectivity index (χ4v) is 2.21. The Morgan fingerprint density at radius 2 is 1.73 bits per heavy atom. The molecule has 1 amide bonds.